The quantitative estimate of drug-likeness (QED) is 0.738. The highest BCUT2D eigenvalue weighted by Crippen LogP contribution is 2.09. The Morgan fingerprint density at radius 1 is 1.42 bits per heavy atom. The van der Waals surface area contributed by atoms with Crippen molar-refractivity contribution in [2.24, 2.45) is 11.7 Å². The lowest BCUT2D eigenvalue weighted by Crippen LogP contribution is -2.31. The number of aryl methyl sites for hydroxylation is 1. The number of nitrogens with one attached hydrogen (secondary N) is 1. The second-order valence-electron chi connectivity index (χ2n) is 5.09. The molecule has 19 heavy (non-hydrogen) atoms. The van der Waals surface area contributed by atoms with Gasteiger partial charge in [-0.25, -0.2) is 0 Å². The van der Waals surface area contributed by atoms with E-state index in [1.165, 1.54) is 0 Å². The Kier molecular flexibility index (Phi) is 6.49. The Balaban J connectivity index is 2.16. The molecule has 2 atom stereocenters. The fourth-order valence-corrected chi connectivity index (χ4v) is 1.79. The number of amides is 1. The predicted molar refractivity (Wildman–Crippen MR) is 72.4 cm³/mol. The smallest absolute Gasteiger partial charge is 0.228 e. The van der Waals surface area contributed by atoms with E-state index in [1.807, 2.05) is 13.8 Å². The maximum absolute atomic E-state index is 11.8. The lowest BCUT2D eigenvalue weighted by Gasteiger charge is -2.12. The van der Waals surface area contributed by atoms with Crippen molar-refractivity contribution < 1.29 is 9.32 Å². The van der Waals surface area contributed by atoms with Crippen LogP contribution in [0, 0.1) is 12.8 Å². The Morgan fingerprint density at radius 3 is 2.74 bits per heavy atom. The first-order chi connectivity index (χ1) is 8.99. The van der Waals surface area contributed by atoms with Gasteiger partial charge in [-0.2, -0.15) is 4.98 Å². The summed E-state index contributed by atoms with van der Waals surface area (Å²) in [5.41, 5.74) is 5.68. The molecule has 108 valence electrons. The molecule has 0 aliphatic carbocycles. The highest BCUT2D eigenvalue weighted by molar-refractivity contribution is 5.78. The first kappa shape index (κ1) is 15.6. The summed E-state index contributed by atoms with van der Waals surface area (Å²) < 4.78 is 4.97. The fourth-order valence-electron chi connectivity index (χ4n) is 1.79. The van der Waals surface area contributed by atoms with Crippen LogP contribution in [0.1, 0.15) is 44.8 Å². The van der Waals surface area contributed by atoms with E-state index in [-0.39, 0.29) is 17.9 Å². The second kappa shape index (κ2) is 7.89. The number of hydrogen-bond donors (Lipinski definition) is 2. The molecular formula is C13H24N4O2. The van der Waals surface area contributed by atoms with Crippen LogP contribution in [0.25, 0.3) is 0 Å². The first-order valence-corrected chi connectivity index (χ1v) is 6.81. The highest BCUT2D eigenvalue weighted by atomic mass is 16.5. The molecule has 0 spiro atoms. The number of nitrogens with zero attached hydrogens (tertiary/aromatic N) is 2. The SMILES string of the molecule is Cc1noc(CCNC(=O)C(C)CCCC(C)N)n1. The maximum atomic E-state index is 11.8. The minimum Gasteiger partial charge on any atom is -0.355 e. The van der Waals surface area contributed by atoms with E-state index >= 15 is 0 Å². The second-order valence-corrected chi connectivity index (χ2v) is 5.09. The van der Waals surface area contributed by atoms with Crippen molar-refractivity contribution in [3.05, 3.63) is 11.7 Å². The van der Waals surface area contributed by atoms with Gasteiger partial charge in [-0.15, -0.1) is 0 Å². The van der Waals surface area contributed by atoms with Crippen LogP contribution in [0.2, 0.25) is 0 Å². The molecule has 0 saturated carbocycles. The van der Waals surface area contributed by atoms with Crippen LogP contribution in [0.15, 0.2) is 4.52 Å². The summed E-state index contributed by atoms with van der Waals surface area (Å²) in [6.07, 6.45) is 3.38. The summed E-state index contributed by atoms with van der Waals surface area (Å²) >= 11 is 0. The van der Waals surface area contributed by atoms with Gasteiger partial charge in [0.2, 0.25) is 11.8 Å². The third-order valence-corrected chi connectivity index (χ3v) is 2.95. The minimum atomic E-state index is 0.0168. The van der Waals surface area contributed by atoms with Gasteiger partial charge in [0.05, 0.1) is 0 Å². The van der Waals surface area contributed by atoms with Crippen molar-refractivity contribution in [3.8, 4) is 0 Å². The number of carbonyl (C=O) groups is 1. The fraction of sp³-hybridized carbons (Fsp3) is 0.769. The first-order valence-electron chi connectivity index (χ1n) is 6.81. The topological polar surface area (TPSA) is 94.0 Å². The summed E-state index contributed by atoms with van der Waals surface area (Å²) in [5, 5.41) is 6.58. The van der Waals surface area contributed by atoms with Crippen LogP contribution in [0.4, 0.5) is 0 Å². The molecule has 0 radical (unpaired) electrons. The van der Waals surface area contributed by atoms with E-state index in [2.05, 4.69) is 15.5 Å². The summed E-state index contributed by atoms with van der Waals surface area (Å²) in [4.78, 5) is 15.9. The summed E-state index contributed by atoms with van der Waals surface area (Å²) in [6, 6.07) is 0.205. The van der Waals surface area contributed by atoms with Crippen molar-refractivity contribution in [1.29, 1.82) is 0 Å². The molecule has 0 bridgehead atoms. The molecule has 6 nitrogen and oxygen atoms in total. The molecule has 0 aromatic carbocycles. The molecular weight excluding hydrogens is 244 g/mol. The van der Waals surface area contributed by atoms with Gasteiger partial charge in [0, 0.05) is 24.9 Å². The van der Waals surface area contributed by atoms with Crippen molar-refractivity contribution in [2.45, 2.75) is 52.5 Å². The third-order valence-electron chi connectivity index (χ3n) is 2.95. The monoisotopic (exact) mass is 268 g/mol. The molecule has 1 amide bonds. The van der Waals surface area contributed by atoms with Gasteiger partial charge in [-0.3, -0.25) is 4.79 Å². The van der Waals surface area contributed by atoms with E-state index in [0.29, 0.717) is 24.7 Å². The van der Waals surface area contributed by atoms with Crippen LogP contribution in [0.3, 0.4) is 0 Å². The number of nitrogens with two attached hydrogens (primary N) is 1. The van der Waals surface area contributed by atoms with Gasteiger partial charge in [-0.05, 0) is 26.7 Å². The normalized spacial score (nSPS) is 14.1. The number of carbonyl (C=O) groups excluding carboxylic acids is 1. The molecule has 2 unspecified atom stereocenters. The largest absolute Gasteiger partial charge is 0.355 e. The van der Waals surface area contributed by atoms with Crippen LogP contribution in [-0.4, -0.2) is 28.6 Å². The summed E-state index contributed by atoms with van der Waals surface area (Å²) in [5.74, 6) is 1.26. The van der Waals surface area contributed by atoms with E-state index in [9.17, 15) is 4.79 Å². The number of aromatic nitrogens is 2. The van der Waals surface area contributed by atoms with E-state index < -0.39 is 0 Å². The molecule has 0 aliphatic heterocycles. The van der Waals surface area contributed by atoms with Crippen LogP contribution < -0.4 is 11.1 Å². The van der Waals surface area contributed by atoms with Crippen LogP contribution in [0.5, 0.6) is 0 Å². The van der Waals surface area contributed by atoms with E-state index in [0.717, 1.165) is 19.3 Å². The molecule has 1 aromatic heterocycles. The summed E-state index contributed by atoms with van der Waals surface area (Å²) in [6.45, 7) is 6.22. The van der Waals surface area contributed by atoms with Crippen molar-refractivity contribution in [2.75, 3.05) is 6.54 Å². The molecule has 0 saturated heterocycles. The van der Waals surface area contributed by atoms with Gasteiger partial charge in [-0.1, -0.05) is 18.5 Å². The minimum absolute atomic E-state index is 0.0168. The average molecular weight is 268 g/mol. The molecule has 3 N–H and O–H groups in total. The molecule has 0 aliphatic rings. The predicted octanol–water partition coefficient (Wildman–Crippen LogP) is 1.19. The van der Waals surface area contributed by atoms with E-state index in [1.54, 1.807) is 6.92 Å². The van der Waals surface area contributed by atoms with Crippen LogP contribution >= 0.6 is 0 Å². The van der Waals surface area contributed by atoms with E-state index in [4.69, 9.17) is 10.3 Å². The lowest BCUT2D eigenvalue weighted by molar-refractivity contribution is -0.124. The van der Waals surface area contributed by atoms with Gasteiger partial charge in [0.15, 0.2) is 5.82 Å². The maximum Gasteiger partial charge on any atom is 0.228 e. The zero-order valence-electron chi connectivity index (χ0n) is 12.0. The third kappa shape index (κ3) is 6.33. The van der Waals surface area contributed by atoms with Gasteiger partial charge < -0.3 is 15.6 Å². The van der Waals surface area contributed by atoms with Crippen molar-refractivity contribution in [1.82, 2.24) is 15.5 Å². The van der Waals surface area contributed by atoms with Gasteiger partial charge in [0.25, 0.3) is 0 Å². The number of rotatable bonds is 8. The Morgan fingerprint density at radius 2 is 2.16 bits per heavy atom. The van der Waals surface area contributed by atoms with Gasteiger partial charge in [0.1, 0.15) is 0 Å². The lowest BCUT2D eigenvalue weighted by atomic mass is 10.0. The van der Waals surface area contributed by atoms with Gasteiger partial charge >= 0.3 is 0 Å². The molecule has 6 heteroatoms. The van der Waals surface area contributed by atoms with Crippen molar-refractivity contribution >= 4 is 5.91 Å². The Labute approximate surface area is 114 Å². The average Bonchev–Trinajstić information content (AvgIpc) is 2.74. The van der Waals surface area contributed by atoms with Crippen molar-refractivity contribution in [3.63, 3.8) is 0 Å². The molecule has 1 heterocycles. The highest BCUT2D eigenvalue weighted by Gasteiger charge is 2.12. The molecule has 0 fully saturated rings. The zero-order valence-corrected chi connectivity index (χ0v) is 12.0. The molecule has 1 aromatic rings. The Bertz CT molecular complexity index is 390. The Hall–Kier alpha value is -1.43. The molecule has 1 rings (SSSR count). The summed E-state index contributed by atoms with van der Waals surface area (Å²) in [7, 11) is 0. The van der Waals surface area contributed by atoms with Crippen LogP contribution in [-0.2, 0) is 11.2 Å². The number of hydrogen-bond acceptors (Lipinski definition) is 5. The zero-order chi connectivity index (χ0) is 14.3. The standard InChI is InChI=1S/C13H24N4O2/c1-9(5-4-6-10(2)14)13(18)15-8-7-12-16-11(3)17-19-12/h9-10H,4-8,14H2,1-3H3,(H,15,18).